The molecule has 0 aliphatic heterocycles. The first kappa shape index (κ1) is 14.5. The van der Waals surface area contributed by atoms with Crippen molar-refractivity contribution >= 4 is 11.3 Å². The smallest absolute Gasteiger partial charge is 0.140 e. The van der Waals surface area contributed by atoms with Gasteiger partial charge in [0.2, 0.25) is 0 Å². The highest BCUT2D eigenvalue weighted by Gasteiger charge is 2.23. The van der Waals surface area contributed by atoms with Crippen molar-refractivity contribution in [1.82, 2.24) is 4.98 Å². The summed E-state index contributed by atoms with van der Waals surface area (Å²) in [5.41, 5.74) is 3.35. The lowest BCUT2D eigenvalue weighted by Gasteiger charge is -2.14. The van der Waals surface area contributed by atoms with Crippen LogP contribution in [0.3, 0.4) is 0 Å². The molecular weight excluding hydrogens is 282 g/mol. The first-order chi connectivity index (χ1) is 9.95. The molecule has 0 fully saturated rings. The Labute approximate surface area is 129 Å². The number of hydrogen-bond donors (Lipinski definition) is 1. The lowest BCUT2D eigenvalue weighted by atomic mass is 9.93. The van der Waals surface area contributed by atoms with Crippen molar-refractivity contribution in [3.8, 4) is 5.75 Å². The summed E-state index contributed by atoms with van der Waals surface area (Å²) in [5.74, 6) is 0.886. The Morgan fingerprint density at radius 3 is 2.90 bits per heavy atom. The number of aliphatic hydroxyl groups is 1. The molecule has 21 heavy (non-hydrogen) atoms. The van der Waals surface area contributed by atoms with Crippen LogP contribution in [0.4, 0.5) is 0 Å². The monoisotopic (exact) mass is 303 g/mol. The average molecular weight is 303 g/mol. The first-order valence-corrected chi connectivity index (χ1v) is 8.20. The average Bonchev–Trinajstić information content (AvgIpc) is 3.04. The molecule has 1 aromatic heterocycles. The number of rotatable bonds is 3. The fraction of sp³-hybridized carbons (Fsp3) is 0.471. The highest BCUT2D eigenvalue weighted by molar-refractivity contribution is 7.09. The maximum atomic E-state index is 9.92. The van der Waals surface area contributed by atoms with E-state index in [1.54, 1.807) is 11.3 Å². The summed E-state index contributed by atoms with van der Waals surface area (Å²) >= 11 is 1.64. The normalized spacial score (nSPS) is 17.8. The molecule has 0 bridgehead atoms. The molecule has 0 saturated heterocycles. The Morgan fingerprint density at radius 2 is 2.19 bits per heavy atom. The van der Waals surface area contributed by atoms with Crippen LogP contribution in [0.1, 0.15) is 55.1 Å². The largest absolute Gasteiger partial charge is 0.486 e. The molecular formula is C17H21NO2S. The second-order valence-electron chi connectivity index (χ2n) is 6.54. The van der Waals surface area contributed by atoms with Gasteiger partial charge in [0.25, 0.3) is 0 Å². The second kappa shape index (κ2) is 5.43. The Hall–Kier alpha value is -1.39. The van der Waals surface area contributed by atoms with E-state index in [1.165, 1.54) is 0 Å². The summed E-state index contributed by atoms with van der Waals surface area (Å²) in [4.78, 5) is 4.65. The number of benzene rings is 1. The van der Waals surface area contributed by atoms with Crippen molar-refractivity contribution in [2.24, 2.45) is 0 Å². The molecule has 0 saturated carbocycles. The topological polar surface area (TPSA) is 42.4 Å². The molecule has 0 spiro atoms. The van der Waals surface area contributed by atoms with Gasteiger partial charge in [-0.3, -0.25) is 0 Å². The van der Waals surface area contributed by atoms with E-state index < -0.39 is 0 Å². The third-order valence-electron chi connectivity index (χ3n) is 3.87. The number of fused-ring (bicyclic) bond motifs is 1. The van der Waals surface area contributed by atoms with Gasteiger partial charge in [-0.2, -0.15) is 0 Å². The van der Waals surface area contributed by atoms with E-state index in [2.05, 4.69) is 31.1 Å². The van der Waals surface area contributed by atoms with Crippen molar-refractivity contribution in [2.45, 2.75) is 51.7 Å². The van der Waals surface area contributed by atoms with E-state index in [1.807, 2.05) is 18.2 Å². The van der Waals surface area contributed by atoms with E-state index in [-0.39, 0.29) is 11.5 Å². The molecule has 2 aromatic rings. The van der Waals surface area contributed by atoms with Crippen LogP contribution in [0, 0.1) is 0 Å². The summed E-state index contributed by atoms with van der Waals surface area (Å²) < 4.78 is 5.95. The maximum absolute atomic E-state index is 9.92. The Balaban J connectivity index is 1.73. The molecule has 1 unspecified atom stereocenters. The fourth-order valence-corrected chi connectivity index (χ4v) is 3.53. The lowest BCUT2D eigenvalue weighted by Crippen LogP contribution is -2.11. The third-order valence-corrected chi connectivity index (χ3v) is 4.69. The number of ether oxygens (including phenoxy) is 1. The number of aliphatic hydroxyl groups excluding tert-OH is 1. The standard InChI is InChI=1S/C17H21NO2S/c1-17(2,3)15-10-21-16(18-15)9-20-14-6-4-5-11-12(14)7-8-13(11)19/h4-6,10,13,19H,7-9H2,1-3H3. The van der Waals surface area contributed by atoms with Crippen molar-refractivity contribution in [1.29, 1.82) is 0 Å². The lowest BCUT2D eigenvalue weighted by molar-refractivity contribution is 0.180. The summed E-state index contributed by atoms with van der Waals surface area (Å²) in [6, 6.07) is 5.92. The SMILES string of the molecule is CC(C)(C)c1csc(COc2cccc3c2CCC3O)n1. The predicted octanol–water partition coefficient (Wildman–Crippen LogP) is 4.00. The number of thiazole rings is 1. The molecule has 1 atom stereocenters. The fourth-order valence-electron chi connectivity index (χ4n) is 2.60. The quantitative estimate of drug-likeness (QED) is 0.932. The minimum Gasteiger partial charge on any atom is -0.486 e. The summed E-state index contributed by atoms with van der Waals surface area (Å²) in [6.07, 6.45) is 1.34. The summed E-state index contributed by atoms with van der Waals surface area (Å²) in [7, 11) is 0. The zero-order valence-electron chi connectivity index (χ0n) is 12.7. The van der Waals surface area contributed by atoms with Crippen molar-refractivity contribution in [3.63, 3.8) is 0 Å². The third kappa shape index (κ3) is 2.97. The molecule has 4 heteroatoms. The van der Waals surface area contributed by atoms with Gasteiger partial charge in [0.1, 0.15) is 17.4 Å². The maximum Gasteiger partial charge on any atom is 0.140 e. The van der Waals surface area contributed by atoms with Crippen LogP contribution < -0.4 is 4.74 Å². The Morgan fingerprint density at radius 1 is 1.38 bits per heavy atom. The van der Waals surface area contributed by atoms with E-state index in [0.717, 1.165) is 40.4 Å². The van der Waals surface area contributed by atoms with E-state index in [0.29, 0.717) is 6.61 Å². The van der Waals surface area contributed by atoms with Crippen LogP contribution in [0.15, 0.2) is 23.6 Å². The molecule has 1 heterocycles. The van der Waals surface area contributed by atoms with Crippen LogP contribution in [0.25, 0.3) is 0 Å². The van der Waals surface area contributed by atoms with E-state index in [9.17, 15) is 5.11 Å². The van der Waals surface area contributed by atoms with Crippen molar-refractivity contribution < 1.29 is 9.84 Å². The van der Waals surface area contributed by atoms with Gasteiger partial charge in [-0.05, 0) is 24.5 Å². The molecule has 112 valence electrons. The van der Waals surface area contributed by atoms with Gasteiger partial charge in [0.15, 0.2) is 0 Å². The van der Waals surface area contributed by atoms with Gasteiger partial charge in [-0.25, -0.2) is 4.98 Å². The molecule has 3 nitrogen and oxygen atoms in total. The van der Waals surface area contributed by atoms with Crippen LogP contribution in [-0.4, -0.2) is 10.1 Å². The van der Waals surface area contributed by atoms with Crippen LogP contribution in [-0.2, 0) is 18.4 Å². The molecule has 3 rings (SSSR count). The van der Waals surface area contributed by atoms with Crippen molar-refractivity contribution in [3.05, 3.63) is 45.4 Å². The number of aromatic nitrogens is 1. The molecule has 1 aliphatic carbocycles. The van der Waals surface area contributed by atoms with Gasteiger partial charge in [-0.15, -0.1) is 11.3 Å². The zero-order chi connectivity index (χ0) is 15.0. The molecule has 1 N–H and O–H groups in total. The molecule has 0 amide bonds. The highest BCUT2D eigenvalue weighted by atomic mass is 32.1. The molecule has 1 aromatic carbocycles. The van der Waals surface area contributed by atoms with Gasteiger partial charge in [-0.1, -0.05) is 32.9 Å². The number of nitrogens with zero attached hydrogens (tertiary/aromatic N) is 1. The summed E-state index contributed by atoms with van der Waals surface area (Å²) in [5, 5.41) is 13.0. The van der Waals surface area contributed by atoms with Crippen LogP contribution in [0.5, 0.6) is 5.75 Å². The Bertz CT molecular complexity index is 642. The van der Waals surface area contributed by atoms with Gasteiger partial charge >= 0.3 is 0 Å². The highest BCUT2D eigenvalue weighted by Crippen LogP contribution is 2.37. The van der Waals surface area contributed by atoms with Gasteiger partial charge < -0.3 is 9.84 Å². The second-order valence-corrected chi connectivity index (χ2v) is 7.49. The molecule has 1 aliphatic rings. The first-order valence-electron chi connectivity index (χ1n) is 7.32. The number of hydrogen-bond acceptors (Lipinski definition) is 4. The van der Waals surface area contributed by atoms with Crippen molar-refractivity contribution in [2.75, 3.05) is 0 Å². The summed E-state index contributed by atoms with van der Waals surface area (Å²) in [6.45, 7) is 6.99. The van der Waals surface area contributed by atoms with Crippen LogP contribution >= 0.6 is 11.3 Å². The van der Waals surface area contributed by atoms with Gasteiger partial charge in [0, 0.05) is 16.4 Å². The van der Waals surface area contributed by atoms with E-state index in [4.69, 9.17) is 4.74 Å². The van der Waals surface area contributed by atoms with Crippen LogP contribution in [0.2, 0.25) is 0 Å². The minimum atomic E-state index is -0.337. The minimum absolute atomic E-state index is 0.0762. The molecule has 0 radical (unpaired) electrons. The predicted molar refractivity (Wildman–Crippen MR) is 84.9 cm³/mol. The Kier molecular flexibility index (Phi) is 3.76. The van der Waals surface area contributed by atoms with Gasteiger partial charge in [0.05, 0.1) is 11.8 Å². The van der Waals surface area contributed by atoms with E-state index >= 15 is 0 Å². The zero-order valence-corrected chi connectivity index (χ0v) is 13.5.